The van der Waals surface area contributed by atoms with Crippen molar-refractivity contribution < 1.29 is 0 Å². The molecule has 1 N–H and O–H groups in total. The SMILES string of the molecule is C1=CCC(N2CC3(CCCC3)NCC2c2ccccc2)C1. The zero-order valence-electron chi connectivity index (χ0n) is 12.8. The molecule has 1 saturated carbocycles. The molecule has 2 aliphatic carbocycles. The summed E-state index contributed by atoms with van der Waals surface area (Å²) in [5.74, 6) is 0. The molecule has 1 saturated heterocycles. The summed E-state index contributed by atoms with van der Waals surface area (Å²) < 4.78 is 0. The summed E-state index contributed by atoms with van der Waals surface area (Å²) in [5, 5.41) is 3.93. The maximum Gasteiger partial charge on any atom is 0.0476 e. The van der Waals surface area contributed by atoms with Gasteiger partial charge in [0.1, 0.15) is 0 Å². The van der Waals surface area contributed by atoms with Gasteiger partial charge < -0.3 is 5.32 Å². The fourth-order valence-electron chi connectivity index (χ4n) is 4.57. The Kier molecular flexibility index (Phi) is 3.60. The van der Waals surface area contributed by atoms with Gasteiger partial charge in [0.2, 0.25) is 0 Å². The van der Waals surface area contributed by atoms with Crippen LogP contribution in [0.25, 0.3) is 0 Å². The van der Waals surface area contributed by atoms with E-state index in [1.165, 1.54) is 50.6 Å². The van der Waals surface area contributed by atoms with E-state index in [-0.39, 0.29) is 0 Å². The standard InChI is InChI=1S/C19H26N2/c1-2-8-16(9-3-1)18-14-20-19(12-6-7-13-19)15-21(18)17-10-4-5-11-17/h1-5,8-9,17-18,20H,6-7,10-15H2. The summed E-state index contributed by atoms with van der Waals surface area (Å²) in [4.78, 5) is 2.82. The van der Waals surface area contributed by atoms with Gasteiger partial charge in [-0.15, -0.1) is 0 Å². The first-order chi connectivity index (χ1) is 10.4. The van der Waals surface area contributed by atoms with E-state index >= 15 is 0 Å². The predicted octanol–water partition coefficient (Wildman–Crippen LogP) is 3.66. The fourth-order valence-corrected chi connectivity index (χ4v) is 4.57. The number of nitrogens with one attached hydrogen (secondary N) is 1. The summed E-state index contributed by atoms with van der Waals surface area (Å²) >= 11 is 0. The average Bonchev–Trinajstić information content (AvgIpc) is 3.20. The maximum absolute atomic E-state index is 3.93. The van der Waals surface area contributed by atoms with Crippen LogP contribution < -0.4 is 5.32 Å². The Morgan fingerprint density at radius 3 is 2.43 bits per heavy atom. The van der Waals surface area contributed by atoms with Gasteiger partial charge in [0, 0.05) is 30.7 Å². The van der Waals surface area contributed by atoms with Crippen LogP contribution >= 0.6 is 0 Å². The Labute approximate surface area is 128 Å². The summed E-state index contributed by atoms with van der Waals surface area (Å²) in [6, 6.07) is 12.3. The summed E-state index contributed by atoms with van der Waals surface area (Å²) in [7, 11) is 0. The second kappa shape index (κ2) is 5.58. The smallest absolute Gasteiger partial charge is 0.0476 e. The van der Waals surface area contributed by atoms with E-state index in [1.54, 1.807) is 0 Å². The number of nitrogens with zero attached hydrogens (tertiary/aromatic N) is 1. The first-order valence-electron chi connectivity index (χ1n) is 8.57. The molecule has 112 valence electrons. The second-order valence-electron chi connectivity index (χ2n) is 7.06. The zero-order valence-corrected chi connectivity index (χ0v) is 12.8. The minimum Gasteiger partial charge on any atom is -0.308 e. The summed E-state index contributed by atoms with van der Waals surface area (Å²) in [6.07, 6.45) is 12.8. The van der Waals surface area contributed by atoms with Crippen molar-refractivity contribution in [3.63, 3.8) is 0 Å². The highest BCUT2D eigenvalue weighted by Gasteiger charge is 2.43. The molecule has 1 aromatic rings. The maximum atomic E-state index is 3.93. The molecule has 4 rings (SSSR count). The highest BCUT2D eigenvalue weighted by Crippen LogP contribution is 2.39. The Bertz CT molecular complexity index is 494. The lowest BCUT2D eigenvalue weighted by Crippen LogP contribution is -2.61. The van der Waals surface area contributed by atoms with Gasteiger partial charge in [0.05, 0.1) is 0 Å². The van der Waals surface area contributed by atoms with E-state index in [4.69, 9.17) is 0 Å². The van der Waals surface area contributed by atoms with E-state index in [2.05, 4.69) is 52.7 Å². The van der Waals surface area contributed by atoms with E-state index in [0.717, 1.165) is 12.6 Å². The van der Waals surface area contributed by atoms with Crippen molar-refractivity contribution in [3.8, 4) is 0 Å². The van der Waals surface area contributed by atoms with Crippen LogP contribution in [0.4, 0.5) is 0 Å². The Balaban J connectivity index is 1.60. The first kappa shape index (κ1) is 13.5. The molecule has 0 amide bonds. The van der Waals surface area contributed by atoms with Crippen molar-refractivity contribution in [2.75, 3.05) is 13.1 Å². The Morgan fingerprint density at radius 2 is 1.71 bits per heavy atom. The van der Waals surface area contributed by atoms with Crippen LogP contribution in [0.1, 0.15) is 50.1 Å². The molecule has 1 unspecified atom stereocenters. The molecule has 1 heterocycles. The zero-order chi connectivity index (χ0) is 14.1. The minimum absolute atomic E-state index is 0.411. The third-order valence-corrected chi connectivity index (χ3v) is 5.75. The second-order valence-corrected chi connectivity index (χ2v) is 7.06. The van der Waals surface area contributed by atoms with E-state index in [0.29, 0.717) is 11.6 Å². The van der Waals surface area contributed by atoms with Crippen molar-refractivity contribution in [1.29, 1.82) is 0 Å². The molecule has 2 fully saturated rings. The van der Waals surface area contributed by atoms with Gasteiger partial charge in [0.15, 0.2) is 0 Å². The number of hydrogen-bond donors (Lipinski definition) is 1. The average molecular weight is 282 g/mol. The molecule has 1 atom stereocenters. The van der Waals surface area contributed by atoms with Crippen molar-refractivity contribution in [1.82, 2.24) is 10.2 Å². The lowest BCUT2D eigenvalue weighted by atomic mass is 9.88. The molecule has 2 heteroatoms. The molecule has 0 bridgehead atoms. The van der Waals surface area contributed by atoms with Crippen LogP contribution in [-0.4, -0.2) is 29.6 Å². The van der Waals surface area contributed by atoms with E-state index in [9.17, 15) is 0 Å². The minimum atomic E-state index is 0.411. The third kappa shape index (κ3) is 2.56. The Hall–Kier alpha value is -1.12. The van der Waals surface area contributed by atoms with Crippen LogP contribution in [-0.2, 0) is 0 Å². The third-order valence-electron chi connectivity index (χ3n) is 5.75. The number of piperazine rings is 1. The molecule has 0 radical (unpaired) electrons. The molecule has 1 aromatic carbocycles. The molecule has 1 spiro atoms. The van der Waals surface area contributed by atoms with E-state index in [1.807, 2.05) is 0 Å². The molecule has 2 nitrogen and oxygen atoms in total. The highest BCUT2D eigenvalue weighted by molar-refractivity contribution is 5.22. The van der Waals surface area contributed by atoms with Gasteiger partial charge in [-0.2, -0.15) is 0 Å². The number of hydrogen-bond acceptors (Lipinski definition) is 2. The molecule has 0 aromatic heterocycles. The van der Waals surface area contributed by atoms with Gasteiger partial charge in [-0.1, -0.05) is 55.3 Å². The van der Waals surface area contributed by atoms with Gasteiger partial charge in [0.25, 0.3) is 0 Å². The van der Waals surface area contributed by atoms with Crippen LogP contribution in [0.3, 0.4) is 0 Å². The first-order valence-corrected chi connectivity index (χ1v) is 8.57. The summed E-state index contributed by atoms with van der Waals surface area (Å²) in [5.41, 5.74) is 1.89. The van der Waals surface area contributed by atoms with Crippen LogP contribution in [0, 0.1) is 0 Å². The molecule has 1 aliphatic heterocycles. The lowest BCUT2D eigenvalue weighted by Gasteiger charge is -2.49. The molecular weight excluding hydrogens is 256 g/mol. The van der Waals surface area contributed by atoms with Crippen molar-refractivity contribution in [2.24, 2.45) is 0 Å². The van der Waals surface area contributed by atoms with Crippen LogP contribution in [0.2, 0.25) is 0 Å². The predicted molar refractivity (Wildman–Crippen MR) is 87.3 cm³/mol. The molecule has 21 heavy (non-hydrogen) atoms. The molecule has 3 aliphatic rings. The number of rotatable bonds is 2. The Morgan fingerprint density at radius 1 is 1.00 bits per heavy atom. The van der Waals surface area contributed by atoms with Crippen LogP contribution in [0.5, 0.6) is 0 Å². The summed E-state index contributed by atoms with van der Waals surface area (Å²) in [6.45, 7) is 2.35. The monoisotopic (exact) mass is 282 g/mol. The van der Waals surface area contributed by atoms with Gasteiger partial charge in [-0.3, -0.25) is 4.90 Å². The van der Waals surface area contributed by atoms with Gasteiger partial charge in [-0.05, 0) is 31.2 Å². The number of benzene rings is 1. The highest BCUT2D eigenvalue weighted by atomic mass is 15.3. The quantitative estimate of drug-likeness (QED) is 0.833. The van der Waals surface area contributed by atoms with Crippen molar-refractivity contribution >= 4 is 0 Å². The van der Waals surface area contributed by atoms with E-state index < -0.39 is 0 Å². The van der Waals surface area contributed by atoms with Crippen LogP contribution in [0.15, 0.2) is 42.5 Å². The fraction of sp³-hybridized carbons (Fsp3) is 0.579. The van der Waals surface area contributed by atoms with Crippen molar-refractivity contribution in [3.05, 3.63) is 48.0 Å². The largest absolute Gasteiger partial charge is 0.308 e. The lowest BCUT2D eigenvalue weighted by molar-refractivity contribution is 0.0458. The topological polar surface area (TPSA) is 15.3 Å². The van der Waals surface area contributed by atoms with Gasteiger partial charge >= 0.3 is 0 Å². The molecular formula is C19H26N2. The van der Waals surface area contributed by atoms with Gasteiger partial charge in [-0.25, -0.2) is 0 Å². The normalized spacial score (nSPS) is 29.4. The van der Waals surface area contributed by atoms with Crippen molar-refractivity contribution in [2.45, 2.75) is 56.1 Å².